The lowest BCUT2D eigenvalue weighted by atomic mass is 10.1. The van der Waals surface area contributed by atoms with Crippen LogP contribution in [0.15, 0.2) is 18.6 Å². The molecule has 0 aliphatic rings. The van der Waals surface area contributed by atoms with E-state index in [0.29, 0.717) is 0 Å². The van der Waals surface area contributed by atoms with Gasteiger partial charge in [-0.1, -0.05) is 0 Å². The monoisotopic (exact) mass is 291 g/mol. The quantitative estimate of drug-likeness (QED) is 0.428. The van der Waals surface area contributed by atoms with Crippen LogP contribution in [0.5, 0.6) is 0 Å². The zero-order valence-corrected chi connectivity index (χ0v) is 10.9. The van der Waals surface area contributed by atoms with Gasteiger partial charge < -0.3 is 17.4 Å². The smallest absolute Gasteiger partial charge is 0.268 e. The van der Waals surface area contributed by atoms with Gasteiger partial charge in [0.25, 0.3) is 5.91 Å². The minimum atomic E-state index is -0.797. The van der Waals surface area contributed by atoms with Gasteiger partial charge in [0.15, 0.2) is 23.2 Å². The Morgan fingerprint density at radius 2 is 1.67 bits per heavy atom. The molecule has 0 radical (unpaired) electrons. The van der Waals surface area contributed by atoms with Crippen molar-refractivity contribution < 1.29 is 14.4 Å². The molecule has 0 aromatic carbocycles. The highest BCUT2D eigenvalue weighted by Gasteiger charge is 2.19. The molecular formula is C11H13N7O3. The van der Waals surface area contributed by atoms with E-state index in [4.69, 9.17) is 17.4 Å². The molecule has 0 atom stereocenters. The maximum absolute atomic E-state index is 11.9. The summed E-state index contributed by atoms with van der Waals surface area (Å²) in [7, 11) is 0. The van der Waals surface area contributed by atoms with Gasteiger partial charge in [0.2, 0.25) is 0 Å². The molecule has 2 rings (SSSR count). The van der Waals surface area contributed by atoms with Crippen molar-refractivity contribution in [2.45, 2.75) is 12.8 Å². The van der Waals surface area contributed by atoms with Crippen LogP contribution in [0.3, 0.4) is 0 Å². The van der Waals surface area contributed by atoms with Crippen molar-refractivity contribution in [2.24, 2.45) is 5.73 Å². The van der Waals surface area contributed by atoms with Crippen molar-refractivity contribution in [3.8, 4) is 0 Å². The van der Waals surface area contributed by atoms with Crippen LogP contribution >= 0.6 is 0 Å². The summed E-state index contributed by atoms with van der Waals surface area (Å²) in [5.74, 6) is 9.22. The maximum atomic E-state index is 11.9. The van der Waals surface area contributed by atoms with Gasteiger partial charge in [-0.15, -0.1) is 0 Å². The summed E-state index contributed by atoms with van der Waals surface area (Å²) in [5.41, 5.74) is 4.92. The van der Waals surface area contributed by atoms with Crippen LogP contribution in [-0.4, -0.2) is 36.8 Å². The van der Waals surface area contributed by atoms with Crippen LogP contribution in [0, 0.1) is 0 Å². The number of Topliss-reactive ketones (excluding diaryl/α,β-unsaturated/α-hetero) is 2. The highest BCUT2D eigenvalue weighted by Crippen LogP contribution is 2.07. The molecule has 0 spiro atoms. The molecule has 6 N–H and O–H groups in total. The predicted molar refractivity (Wildman–Crippen MR) is 71.2 cm³/mol. The molecule has 0 unspecified atom stereocenters. The number of hydrogen-bond acceptors (Lipinski definition) is 7. The molecule has 110 valence electrons. The molecule has 1 amide bonds. The number of carbonyl (C=O) groups is 3. The number of imidazole rings is 2. The summed E-state index contributed by atoms with van der Waals surface area (Å²) in [6.45, 7) is 0. The van der Waals surface area contributed by atoms with E-state index in [2.05, 4.69) is 9.97 Å². The van der Waals surface area contributed by atoms with Crippen molar-refractivity contribution >= 4 is 17.5 Å². The Kier molecular flexibility index (Phi) is 3.69. The van der Waals surface area contributed by atoms with Crippen molar-refractivity contribution in [1.29, 1.82) is 0 Å². The third kappa shape index (κ3) is 2.88. The highest BCUT2D eigenvalue weighted by atomic mass is 16.1. The SMILES string of the molecule is NC(=O)c1cn(N)c(C(=O)CCC(=O)c2nccn2N)n1. The number of primary amides is 1. The van der Waals surface area contributed by atoms with E-state index in [0.717, 1.165) is 15.5 Å². The standard InChI is InChI=1S/C11H13N7O3/c12-9(21)6-5-18(14)11(16-6)8(20)2-1-7(19)10-15-3-4-17(10)13/h3-5H,1-2,13-14H2,(H2,12,21). The molecular weight excluding hydrogens is 278 g/mol. The largest absolute Gasteiger partial charge is 0.364 e. The summed E-state index contributed by atoms with van der Waals surface area (Å²) in [4.78, 5) is 42.2. The number of nitrogens with two attached hydrogens (primary N) is 3. The summed E-state index contributed by atoms with van der Waals surface area (Å²) in [6.07, 6.45) is 3.69. The molecule has 0 fully saturated rings. The van der Waals surface area contributed by atoms with E-state index >= 15 is 0 Å². The number of nitrogen functional groups attached to an aromatic ring is 2. The maximum Gasteiger partial charge on any atom is 0.268 e. The van der Waals surface area contributed by atoms with E-state index in [1.54, 1.807) is 0 Å². The number of carbonyl (C=O) groups excluding carboxylic acids is 3. The normalized spacial score (nSPS) is 10.5. The third-order valence-corrected chi connectivity index (χ3v) is 2.73. The molecule has 0 bridgehead atoms. The van der Waals surface area contributed by atoms with E-state index in [1.807, 2.05) is 0 Å². The second kappa shape index (κ2) is 5.45. The molecule has 2 heterocycles. The minimum Gasteiger partial charge on any atom is -0.364 e. The Morgan fingerprint density at radius 3 is 2.14 bits per heavy atom. The molecule has 2 aromatic heterocycles. The molecule has 21 heavy (non-hydrogen) atoms. The van der Waals surface area contributed by atoms with E-state index < -0.39 is 11.7 Å². The van der Waals surface area contributed by atoms with E-state index in [1.165, 1.54) is 12.4 Å². The fraction of sp³-hybridized carbons (Fsp3) is 0.182. The number of aromatic nitrogens is 4. The third-order valence-electron chi connectivity index (χ3n) is 2.73. The van der Waals surface area contributed by atoms with Crippen LogP contribution in [0.1, 0.15) is 44.6 Å². The Morgan fingerprint density at radius 1 is 1.05 bits per heavy atom. The summed E-state index contributed by atoms with van der Waals surface area (Å²) < 4.78 is 1.97. The predicted octanol–water partition coefficient (Wildman–Crippen LogP) is -1.55. The lowest BCUT2D eigenvalue weighted by Gasteiger charge is -2.01. The number of nitrogens with zero attached hydrogens (tertiary/aromatic N) is 4. The zero-order valence-electron chi connectivity index (χ0n) is 10.9. The molecule has 0 saturated carbocycles. The number of amides is 1. The average Bonchev–Trinajstić information content (AvgIpc) is 3.01. The topological polar surface area (TPSA) is 165 Å². The van der Waals surface area contributed by atoms with Gasteiger partial charge in [-0.3, -0.25) is 14.4 Å². The lowest BCUT2D eigenvalue weighted by Crippen LogP contribution is -2.19. The van der Waals surface area contributed by atoms with E-state index in [-0.39, 0.29) is 36.0 Å². The number of hydrogen-bond donors (Lipinski definition) is 3. The van der Waals surface area contributed by atoms with Crippen molar-refractivity contribution in [2.75, 3.05) is 11.7 Å². The Hall–Kier alpha value is -3.17. The summed E-state index contributed by atoms with van der Waals surface area (Å²) in [6, 6.07) is 0. The van der Waals surface area contributed by atoms with Gasteiger partial charge in [-0.2, -0.15) is 0 Å². The highest BCUT2D eigenvalue weighted by molar-refractivity contribution is 6.00. The van der Waals surface area contributed by atoms with Crippen LogP contribution in [0.4, 0.5) is 0 Å². The summed E-state index contributed by atoms with van der Waals surface area (Å²) >= 11 is 0. The molecule has 0 aliphatic heterocycles. The Labute approximate surface area is 118 Å². The van der Waals surface area contributed by atoms with Crippen LogP contribution in [0.2, 0.25) is 0 Å². The van der Waals surface area contributed by atoms with Gasteiger partial charge >= 0.3 is 0 Å². The lowest BCUT2D eigenvalue weighted by molar-refractivity contribution is 0.0904. The zero-order chi connectivity index (χ0) is 15.6. The second-order valence-electron chi connectivity index (χ2n) is 4.23. The van der Waals surface area contributed by atoms with Crippen LogP contribution < -0.4 is 17.4 Å². The fourth-order valence-electron chi connectivity index (χ4n) is 1.70. The first-order valence-electron chi connectivity index (χ1n) is 5.89. The first-order chi connectivity index (χ1) is 9.90. The van der Waals surface area contributed by atoms with Crippen LogP contribution in [0.25, 0.3) is 0 Å². The fourth-order valence-corrected chi connectivity index (χ4v) is 1.70. The molecule has 0 saturated heterocycles. The number of ketones is 2. The van der Waals surface area contributed by atoms with Crippen molar-refractivity contribution in [1.82, 2.24) is 19.3 Å². The molecule has 2 aromatic rings. The minimum absolute atomic E-state index is 0.0525. The Bertz CT molecular complexity index is 715. The average molecular weight is 291 g/mol. The van der Waals surface area contributed by atoms with Gasteiger partial charge in [0.1, 0.15) is 5.69 Å². The van der Waals surface area contributed by atoms with Gasteiger partial charge in [0.05, 0.1) is 6.20 Å². The van der Waals surface area contributed by atoms with Gasteiger partial charge in [-0.05, 0) is 0 Å². The molecule has 10 nitrogen and oxygen atoms in total. The van der Waals surface area contributed by atoms with Crippen molar-refractivity contribution in [3.63, 3.8) is 0 Å². The molecule has 0 aliphatic carbocycles. The van der Waals surface area contributed by atoms with Crippen LogP contribution in [-0.2, 0) is 0 Å². The Balaban J connectivity index is 2.04. The first-order valence-corrected chi connectivity index (χ1v) is 5.89. The van der Waals surface area contributed by atoms with Crippen molar-refractivity contribution in [3.05, 3.63) is 35.9 Å². The van der Waals surface area contributed by atoms with Gasteiger partial charge in [0, 0.05) is 25.2 Å². The summed E-state index contributed by atoms with van der Waals surface area (Å²) in [5, 5.41) is 0. The first kappa shape index (κ1) is 14.2. The van der Waals surface area contributed by atoms with E-state index in [9.17, 15) is 14.4 Å². The van der Waals surface area contributed by atoms with Gasteiger partial charge in [-0.25, -0.2) is 19.3 Å². The second-order valence-corrected chi connectivity index (χ2v) is 4.23. The number of rotatable bonds is 6. The molecule has 10 heteroatoms.